The van der Waals surface area contributed by atoms with Crippen LogP contribution in [0.25, 0.3) is 0 Å². The summed E-state index contributed by atoms with van der Waals surface area (Å²) in [4.78, 5) is 0. The van der Waals surface area contributed by atoms with Crippen LogP contribution in [0.5, 0.6) is 5.75 Å². The average molecular weight is 282 g/mol. The first-order valence-corrected chi connectivity index (χ1v) is 7.69. The third kappa shape index (κ3) is 3.87. The van der Waals surface area contributed by atoms with E-state index in [0.29, 0.717) is 6.10 Å². The Morgan fingerprint density at radius 1 is 1.42 bits per heavy atom. The molecule has 1 aromatic rings. The van der Waals surface area contributed by atoms with Crippen LogP contribution in [0.1, 0.15) is 57.6 Å². The molecular weight excluding hydrogens is 258 g/mol. The van der Waals surface area contributed by atoms with E-state index in [2.05, 4.69) is 6.92 Å². The number of benzene rings is 1. The number of ether oxygens (including phenoxy) is 1. The third-order valence-corrected chi connectivity index (χ3v) is 4.30. The van der Waals surface area contributed by atoms with Crippen molar-refractivity contribution >= 4 is 11.6 Å². The Balaban J connectivity index is 2.10. The fraction of sp³-hybridized carbons (Fsp3) is 0.625. The van der Waals surface area contributed by atoms with Gasteiger partial charge in [-0.25, -0.2) is 0 Å². The first kappa shape index (κ1) is 14.7. The molecule has 1 aliphatic carbocycles. The van der Waals surface area contributed by atoms with Crippen molar-refractivity contribution in [3.05, 3.63) is 28.8 Å². The smallest absolute Gasteiger partial charge is 0.124 e. The lowest BCUT2D eigenvalue weighted by atomic mass is 9.85. The lowest BCUT2D eigenvalue weighted by Crippen LogP contribution is -2.25. The molecule has 0 aromatic heterocycles. The quantitative estimate of drug-likeness (QED) is 0.868. The molecule has 106 valence electrons. The Labute approximate surface area is 121 Å². The molecule has 0 aliphatic heterocycles. The zero-order valence-electron chi connectivity index (χ0n) is 11.9. The summed E-state index contributed by atoms with van der Waals surface area (Å²) < 4.78 is 6.20. The maximum atomic E-state index is 6.20. The predicted octanol–water partition coefficient (Wildman–Crippen LogP) is 4.71. The van der Waals surface area contributed by atoms with Gasteiger partial charge in [-0.05, 0) is 50.3 Å². The number of nitrogens with two attached hydrogens (primary N) is 1. The van der Waals surface area contributed by atoms with Crippen molar-refractivity contribution in [1.82, 2.24) is 0 Å². The van der Waals surface area contributed by atoms with Crippen LogP contribution < -0.4 is 10.5 Å². The van der Waals surface area contributed by atoms with Crippen molar-refractivity contribution in [1.29, 1.82) is 0 Å². The summed E-state index contributed by atoms with van der Waals surface area (Å²) in [5.41, 5.74) is 7.01. The van der Waals surface area contributed by atoms with Gasteiger partial charge in [0.15, 0.2) is 0 Å². The molecule has 2 rings (SSSR count). The molecular formula is C16H24ClNO. The molecule has 2 N–H and O–H groups in total. The van der Waals surface area contributed by atoms with E-state index >= 15 is 0 Å². The van der Waals surface area contributed by atoms with Crippen molar-refractivity contribution in [3.8, 4) is 5.75 Å². The molecule has 19 heavy (non-hydrogen) atoms. The van der Waals surface area contributed by atoms with Crippen LogP contribution in [-0.4, -0.2) is 6.10 Å². The molecule has 3 heteroatoms. The van der Waals surface area contributed by atoms with Gasteiger partial charge in [0.25, 0.3) is 0 Å². The van der Waals surface area contributed by atoms with E-state index < -0.39 is 0 Å². The van der Waals surface area contributed by atoms with Gasteiger partial charge >= 0.3 is 0 Å². The average Bonchev–Trinajstić information content (AvgIpc) is 2.41. The summed E-state index contributed by atoms with van der Waals surface area (Å²) in [5, 5.41) is 0.717. The van der Waals surface area contributed by atoms with E-state index in [4.69, 9.17) is 22.1 Å². The van der Waals surface area contributed by atoms with Crippen LogP contribution >= 0.6 is 11.6 Å². The minimum absolute atomic E-state index is 0.0562. The van der Waals surface area contributed by atoms with Gasteiger partial charge in [-0.1, -0.05) is 31.4 Å². The maximum Gasteiger partial charge on any atom is 0.124 e. The summed E-state index contributed by atoms with van der Waals surface area (Å²) in [6.45, 7) is 4.23. The van der Waals surface area contributed by atoms with E-state index in [9.17, 15) is 0 Å². The monoisotopic (exact) mass is 281 g/mol. The van der Waals surface area contributed by atoms with Crippen molar-refractivity contribution in [2.24, 2.45) is 11.7 Å². The second kappa shape index (κ2) is 6.62. The summed E-state index contributed by atoms with van der Waals surface area (Å²) >= 11 is 6.04. The Bertz CT molecular complexity index is 419. The molecule has 3 atom stereocenters. The van der Waals surface area contributed by atoms with Crippen LogP contribution in [0.3, 0.4) is 0 Å². The minimum Gasteiger partial charge on any atom is -0.490 e. The first-order chi connectivity index (χ1) is 9.10. The molecule has 2 unspecified atom stereocenters. The Kier molecular flexibility index (Phi) is 5.12. The molecule has 0 radical (unpaired) electrons. The van der Waals surface area contributed by atoms with Gasteiger partial charge in [0.2, 0.25) is 0 Å². The fourth-order valence-corrected chi connectivity index (χ4v) is 3.06. The SMILES string of the molecule is CCC1CCCC(Oc2ccc(Cl)cc2[C@H](C)N)C1. The van der Waals surface area contributed by atoms with E-state index in [0.717, 1.165) is 35.1 Å². The second-order valence-electron chi connectivity index (χ2n) is 5.65. The van der Waals surface area contributed by atoms with Gasteiger partial charge in [0, 0.05) is 16.6 Å². The number of hydrogen-bond acceptors (Lipinski definition) is 2. The van der Waals surface area contributed by atoms with Crippen molar-refractivity contribution < 1.29 is 4.74 Å². The van der Waals surface area contributed by atoms with Crippen LogP contribution in [0, 0.1) is 5.92 Å². The molecule has 0 heterocycles. The summed E-state index contributed by atoms with van der Waals surface area (Å²) in [5.74, 6) is 1.71. The Hall–Kier alpha value is -0.730. The maximum absolute atomic E-state index is 6.20. The zero-order chi connectivity index (χ0) is 13.8. The highest BCUT2D eigenvalue weighted by atomic mass is 35.5. The minimum atomic E-state index is -0.0562. The Morgan fingerprint density at radius 2 is 2.21 bits per heavy atom. The van der Waals surface area contributed by atoms with Crippen molar-refractivity contribution in [2.75, 3.05) is 0 Å². The number of hydrogen-bond donors (Lipinski definition) is 1. The molecule has 1 saturated carbocycles. The standard InChI is InChI=1S/C16H24ClNO/c1-3-12-5-4-6-14(9-12)19-16-8-7-13(17)10-15(16)11(2)18/h7-8,10-12,14H,3-6,9,18H2,1-2H3/t11-,12?,14?/m0/s1. The van der Waals surface area contributed by atoms with Gasteiger partial charge in [0.05, 0.1) is 6.10 Å². The molecule has 0 amide bonds. The van der Waals surface area contributed by atoms with Gasteiger partial charge < -0.3 is 10.5 Å². The third-order valence-electron chi connectivity index (χ3n) is 4.07. The lowest BCUT2D eigenvalue weighted by Gasteiger charge is -2.30. The summed E-state index contributed by atoms with van der Waals surface area (Å²) in [6.07, 6.45) is 6.51. The first-order valence-electron chi connectivity index (χ1n) is 7.31. The van der Waals surface area contributed by atoms with Gasteiger partial charge in [-0.2, -0.15) is 0 Å². The van der Waals surface area contributed by atoms with Gasteiger partial charge in [0.1, 0.15) is 5.75 Å². The van der Waals surface area contributed by atoms with E-state index in [1.807, 2.05) is 25.1 Å². The van der Waals surface area contributed by atoms with Crippen LogP contribution in [0.15, 0.2) is 18.2 Å². The highest BCUT2D eigenvalue weighted by molar-refractivity contribution is 6.30. The normalized spacial score (nSPS) is 25.1. The van der Waals surface area contributed by atoms with Crippen LogP contribution in [-0.2, 0) is 0 Å². The molecule has 1 aromatic carbocycles. The predicted molar refractivity (Wildman–Crippen MR) is 80.7 cm³/mol. The highest BCUT2D eigenvalue weighted by Gasteiger charge is 2.23. The zero-order valence-corrected chi connectivity index (χ0v) is 12.6. The van der Waals surface area contributed by atoms with Crippen molar-refractivity contribution in [3.63, 3.8) is 0 Å². The highest BCUT2D eigenvalue weighted by Crippen LogP contribution is 2.33. The van der Waals surface area contributed by atoms with Gasteiger partial charge in [-0.3, -0.25) is 0 Å². The molecule has 0 saturated heterocycles. The molecule has 1 fully saturated rings. The van der Waals surface area contributed by atoms with E-state index in [-0.39, 0.29) is 6.04 Å². The lowest BCUT2D eigenvalue weighted by molar-refractivity contribution is 0.120. The van der Waals surface area contributed by atoms with E-state index in [1.165, 1.54) is 19.3 Å². The van der Waals surface area contributed by atoms with Crippen LogP contribution in [0.4, 0.5) is 0 Å². The summed E-state index contributed by atoms with van der Waals surface area (Å²) in [7, 11) is 0. The molecule has 2 nitrogen and oxygen atoms in total. The topological polar surface area (TPSA) is 35.2 Å². The van der Waals surface area contributed by atoms with E-state index in [1.54, 1.807) is 0 Å². The molecule has 1 aliphatic rings. The second-order valence-corrected chi connectivity index (χ2v) is 6.09. The number of halogens is 1. The van der Waals surface area contributed by atoms with Gasteiger partial charge in [-0.15, -0.1) is 0 Å². The molecule has 0 bridgehead atoms. The number of rotatable bonds is 4. The van der Waals surface area contributed by atoms with Crippen LogP contribution in [0.2, 0.25) is 5.02 Å². The largest absolute Gasteiger partial charge is 0.490 e. The summed E-state index contributed by atoms with van der Waals surface area (Å²) in [6, 6.07) is 5.69. The fourth-order valence-electron chi connectivity index (χ4n) is 2.88. The van der Waals surface area contributed by atoms with Crippen molar-refractivity contribution in [2.45, 2.75) is 58.1 Å². The molecule has 0 spiro atoms. The Morgan fingerprint density at radius 3 is 2.89 bits per heavy atom.